The number of hydrogen-bond donors (Lipinski definition) is 2. The molecule has 0 aliphatic carbocycles. The van der Waals surface area contributed by atoms with Gasteiger partial charge in [-0.3, -0.25) is 19.3 Å². The Morgan fingerprint density at radius 2 is 1.86 bits per heavy atom. The van der Waals surface area contributed by atoms with Gasteiger partial charge in [0.25, 0.3) is 0 Å². The van der Waals surface area contributed by atoms with Crippen LogP contribution in [0.15, 0.2) is 24.3 Å². The number of amides is 2. The number of para-hydroxylation sites is 1. The van der Waals surface area contributed by atoms with Gasteiger partial charge in [0.1, 0.15) is 0 Å². The topological polar surface area (TPSA) is 92.5 Å². The van der Waals surface area contributed by atoms with Crippen LogP contribution in [0.25, 0.3) is 0 Å². The van der Waals surface area contributed by atoms with E-state index in [1.165, 1.54) is 6.92 Å². The first kappa shape index (κ1) is 16.2. The number of primary amides is 1. The maximum atomic E-state index is 12.1. The minimum Gasteiger partial charge on any atom is -0.369 e. The molecule has 6 nitrogen and oxygen atoms in total. The van der Waals surface area contributed by atoms with Crippen molar-refractivity contribution in [2.24, 2.45) is 11.7 Å². The van der Waals surface area contributed by atoms with E-state index in [-0.39, 0.29) is 30.1 Å². The van der Waals surface area contributed by atoms with Gasteiger partial charge in [0.15, 0.2) is 5.78 Å². The average molecular weight is 303 g/mol. The molecule has 1 aromatic rings. The Hall–Kier alpha value is -2.21. The molecular weight excluding hydrogens is 282 g/mol. The largest absolute Gasteiger partial charge is 0.369 e. The lowest BCUT2D eigenvalue weighted by Crippen LogP contribution is -2.42. The third-order valence-corrected chi connectivity index (χ3v) is 3.94. The predicted molar refractivity (Wildman–Crippen MR) is 83.4 cm³/mol. The van der Waals surface area contributed by atoms with Crippen molar-refractivity contribution in [3.05, 3.63) is 29.8 Å². The van der Waals surface area contributed by atoms with Crippen LogP contribution >= 0.6 is 0 Å². The Balaban J connectivity index is 1.89. The standard InChI is InChI=1S/C16H21N3O3/c1-11(20)13-4-2-3-5-14(13)18-15(21)10-19-8-6-12(7-9-19)16(17)22/h2-5,12H,6-10H2,1H3,(H2,17,22)(H,18,21). The van der Waals surface area contributed by atoms with Crippen LogP contribution < -0.4 is 11.1 Å². The second-order valence-electron chi connectivity index (χ2n) is 5.60. The van der Waals surface area contributed by atoms with Crippen molar-refractivity contribution < 1.29 is 14.4 Å². The second-order valence-corrected chi connectivity index (χ2v) is 5.60. The van der Waals surface area contributed by atoms with Crippen molar-refractivity contribution in [1.29, 1.82) is 0 Å². The molecule has 0 aromatic heterocycles. The summed E-state index contributed by atoms with van der Waals surface area (Å²) in [5.41, 5.74) is 6.33. The van der Waals surface area contributed by atoms with E-state index in [4.69, 9.17) is 5.73 Å². The van der Waals surface area contributed by atoms with Crippen molar-refractivity contribution in [1.82, 2.24) is 4.90 Å². The number of nitrogens with two attached hydrogens (primary N) is 1. The number of Topliss-reactive ketones (excluding diaryl/α,β-unsaturated/α-hetero) is 1. The zero-order chi connectivity index (χ0) is 16.1. The first-order valence-corrected chi connectivity index (χ1v) is 7.39. The zero-order valence-corrected chi connectivity index (χ0v) is 12.7. The van der Waals surface area contributed by atoms with Crippen LogP contribution in [0.1, 0.15) is 30.1 Å². The molecular formula is C16H21N3O3. The fraction of sp³-hybridized carbons (Fsp3) is 0.438. The highest BCUT2D eigenvalue weighted by Gasteiger charge is 2.24. The van der Waals surface area contributed by atoms with Crippen molar-refractivity contribution in [2.75, 3.05) is 25.0 Å². The first-order valence-electron chi connectivity index (χ1n) is 7.39. The quantitative estimate of drug-likeness (QED) is 0.794. The Bertz CT molecular complexity index is 578. The van der Waals surface area contributed by atoms with E-state index >= 15 is 0 Å². The number of carbonyl (C=O) groups is 3. The summed E-state index contributed by atoms with van der Waals surface area (Å²) in [6.45, 7) is 3.07. The molecule has 0 spiro atoms. The molecule has 3 N–H and O–H groups in total. The molecule has 0 unspecified atom stereocenters. The molecule has 0 bridgehead atoms. The van der Waals surface area contributed by atoms with Crippen LogP contribution in [0.3, 0.4) is 0 Å². The Morgan fingerprint density at radius 3 is 2.45 bits per heavy atom. The number of ketones is 1. The number of benzene rings is 1. The maximum absolute atomic E-state index is 12.1. The Kier molecular flexibility index (Phi) is 5.27. The summed E-state index contributed by atoms with van der Waals surface area (Å²) in [6, 6.07) is 6.95. The molecule has 1 aromatic carbocycles. The summed E-state index contributed by atoms with van der Waals surface area (Å²) in [7, 11) is 0. The van der Waals surface area contributed by atoms with Gasteiger partial charge in [-0.2, -0.15) is 0 Å². The number of hydrogen-bond acceptors (Lipinski definition) is 4. The zero-order valence-electron chi connectivity index (χ0n) is 12.7. The van der Waals surface area contributed by atoms with Crippen molar-refractivity contribution >= 4 is 23.3 Å². The lowest BCUT2D eigenvalue weighted by Gasteiger charge is -2.29. The van der Waals surface area contributed by atoms with Crippen molar-refractivity contribution in [3.8, 4) is 0 Å². The molecule has 0 saturated carbocycles. The highest BCUT2D eigenvalue weighted by molar-refractivity contribution is 6.04. The normalized spacial score (nSPS) is 16.2. The van der Waals surface area contributed by atoms with Crippen LogP contribution in [0.2, 0.25) is 0 Å². The number of likely N-dealkylation sites (tertiary alicyclic amines) is 1. The molecule has 2 rings (SSSR count). The smallest absolute Gasteiger partial charge is 0.238 e. The van der Waals surface area contributed by atoms with Gasteiger partial charge in [0, 0.05) is 11.5 Å². The molecule has 1 aliphatic heterocycles. The van der Waals surface area contributed by atoms with E-state index in [0.717, 1.165) is 0 Å². The number of nitrogens with zero attached hydrogens (tertiary/aromatic N) is 1. The van der Waals surface area contributed by atoms with Gasteiger partial charge >= 0.3 is 0 Å². The molecule has 1 saturated heterocycles. The first-order chi connectivity index (χ1) is 10.5. The number of nitrogens with one attached hydrogen (secondary N) is 1. The molecule has 118 valence electrons. The molecule has 0 radical (unpaired) electrons. The van der Waals surface area contributed by atoms with Gasteiger partial charge in [-0.15, -0.1) is 0 Å². The highest BCUT2D eigenvalue weighted by atomic mass is 16.2. The number of anilines is 1. The summed E-state index contributed by atoms with van der Waals surface area (Å²) in [6.07, 6.45) is 1.37. The molecule has 6 heteroatoms. The van der Waals surface area contributed by atoms with Crippen molar-refractivity contribution in [3.63, 3.8) is 0 Å². The van der Waals surface area contributed by atoms with E-state index in [1.807, 2.05) is 4.90 Å². The Labute approximate surface area is 129 Å². The van der Waals surface area contributed by atoms with Gasteiger partial charge in [-0.1, -0.05) is 12.1 Å². The fourth-order valence-electron chi connectivity index (χ4n) is 2.67. The van der Waals surface area contributed by atoms with Crippen LogP contribution in [-0.4, -0.2) is 42.1 Å². The Morgan fingerprint density at radius 1 is 1.23 bits per heavy atom. The van der Waals surface area contributed by atoms with Crippen LogP contribution in [0, 0.1) is 5.92 Å². The highest BCUT2D eigenvalue weighted by Crippen LogP contribution is 2.18. The lowest BCUT2D eigenvalue weighted by atomic mass is 9.96. The third kappa shape index (κ3) is 4.14. The average Bonchev–Trinajstić information content (AvgIpc) is 2.48. The van der Waals surface area contributed by atoms with Gasteiger partial charge in [0.05, 0.1) is 12.2 Å². The van der Waals surface area contributed by atoms with Crippen molar-refractivity contribution in [2.45, 2.75) is 19.8 Å². The van der Waals surface area contributed by atoms with Crippen LogP contribution in [0.4, 0.5) is 5.69 Å². The lowest BCUT2D eigenvalue weighted by molar-refractivity contribution is -0.123. The van der Waals surface area contributed by atoms with Crippen LogP contribution in [-0.2, 0) is 9.59 Å². The van der Waals surface area contributed by atoms with E-state index < -0.39 is 0 Å². The summed E-state index contributed by atoms with van der Waals surface area (Å²) < 4.78 is 0. The number of piperidine rings is 1. The summed E-state index contributed by atoms with van der Waals surface area (Å²) in [5, 5.41) is 2.78. The van der Waals surface area contributed by atoms with E-state index in [2.05, 4.69) is 5.32 Å². The SMILES string of the molecule is CC(=O)c1ccccc1NC(=O)CN1CCC(C(N)=O)CC1. The minimum atomic E-state index is -0.264. The monoisotopic (exact) mass is 303 g/mol. The second kappa shape index (κ2) is 7.17. The molecule has 1 fully saturated rings. The minimum absolute atomic E-state index is 0.0850. The molecule has 2 amide bonds. The summed E-state index contributed by atoms with van der Waals surface area (Å²) in [5.74, 6) is -0.596. The summed E-state index contributed by atoms with van der Waals surface area (Å²) in [4.78, 5) is 36.8. The predicted octanol–water partition coefficient (Wildman–Crippen LogP) is 1.02. The van der Waals surface area contributed by atoms with E-state index in [1.54, 1.807) is 24.3 Å². The summed E-state index contributed by atoms with van der Waals surface area (Å²) >= 11 is 0. The number of rotatable bonds is 5. The fourth-order valence-corrected chi connectivity index (χ4v) is 2.67. The molecule has 1 aliphatic rings. The third-order valence-electron chi connectivity index (χ3n) is 3.94. The maximum Gasteiger partial charge on any atom is 0.238 e. The molecule has 1 heterocycles. The van der Waals surface area contributed by atoms with Gasteiger partial charge in [-0.25, -0.2) is 0 Å². The molecule has 0 atom stereocenters. The molecule has 22 heavy (non-hydrogen) atoms. The van der Waals surface area contributed by atoms with Gasteiger partial charge in [0.2, 0.25) is 11.8 Å². The van der Waals surface area contributed by atoms with Gasteiger partial charge in [-0.05, 0) is 45.0 Å². The van der Waals surface area contributed by atoms with Crippen LogP contribution in [0.5, 0.6) is 0 Å². The van der Waals surface area contributed by atoms with E-state index in [0.29, 0.717) is 37.2 Å². The van der Waals surface area contributed by atoms with E-state index in [9.17, 15) is 14.4 Å². The van der Waals surface area contributed by atoms with Gasteiger partial charge < -0.3 is 11.1 Å². The number of carbonyl (C=O) groups excluding carboxylic acids is 3.